The van der Waals surface area contributed by atoms with Crippen LogP contribution in [-0.4, -0.2) is 44.3 Å². The Morgan fingerprint density at radius 1 is 1.18 bits per heavy atom. The zero-order valence-electron chi connectivity index (χ0n) is 16.7. The van der Waals surface area contributed by atoms with Crippen molar-refractivity contribution in [3.8, 4) is 0 Å². The summed E-state index contributed by atoms with van der Waals surface area (Å²) in [5, 5.41) is 2.98. The summed E-state index contributed by atoms with van der Waals surface area (Å²) in [6, 6.07) is 6.96. The van der Waals surface area contributed by atoms with E-state index in [0.717, 1.165) is 44.1 Å². The molecule has 28 heavy (non-hydrogen) atoms. The molecule has 0 saturated carbocycles. The normalized spacial score (nSPS) is 16.2. The first-order valence-corrected chi connectivity index (χ1v) is 11.5. The number of amides is 1. The molecule has 0 aromatic heterocycles. The van der Waals surface area contributed by atoms with Crippen LogP contribution in [0.5, 0.6) is 0 Å². The zero-order chi connectivity index (χ0) is 19.7. The number of carbonyl (C=O) groups is 1. The summed E-state index contributed by atoms with van der Waals surface area (Å²) in [7, 11) is -3.40. The Morgan fingerprint density at radius 3 is 2.39 bits per heavy atom. The Kier molecular flexibility index (Phi) is 11.0. The fourth-order valence-corrected chi connectivity index (χ4v) is 4.86. The van der Waals surface area contributed by atoms with Gasteiger partial charge in [-0.05, 0) is 43.4 Å². The number of hydrogen-bond donors (Lipinski definition) is 2. The number of unbranched alkanes of at least 4 members (excludes halogenated alkanes) is 1. The fourth-order valence-electron chi connectivity index (χ4n) is 3.34. The van der Waals surface area contributed by atoms with Gasteiger partial charge in [-0.2, -0.15) is 4.31 Å². The largest absolute Gasteiger partial charge is 0.352 e. The maximum absolute atomic E-state index is 12.7. The number of sulfonamides is 1. The lowest BCUT2D eigenvalue weighted by Gasteiger charge is -2.25. The second-order valence-corrected chi connectivity index (χ2v) is 9.19. The number of nitrogens with zero attached hydrogens (tertiary/aromatic N) is 1. The van der Waals surface area contributed by atoms with Gasteiger partial charge in [0, 0.05) is 32.1 Å². The highest BCUT2D eigenvalue weighted by atomic mass is 35.5. The van der Waals surface area contributed by atoms with Crippen LogP contribution < -0.4 is 11.1 Å². The molecule has 0 bridgehead atoms. The van der Waals surface area contributed by atoms with E-state index in [-0.39, 0.29) is 24.4 Å². The first-order chi connectivity index (χ1) is 13.0. The van der Waals surface area contributed by atoms with Gasteiger partial charge in [0.2, 0.25) is 15.9 Å². The molecule has 1 amide bonds. The SMILES string of the molecule is CCCCC(CN)NC(=O)CCc1ccc(S(=O)(=O)N2CCCCC2)cc1.Cl. The van der Waals surface area contributed by atoms with Gasteiger partial charge in [0.05, 0.1) is 4.90 Å². The van der Waals surface area contributed by atoms with E-state index in [1.54, 1.807) is 16.4 Å². The number of nitrogens with one attached hydrogen (secondary N) is 1. The number of rotatable bonds is 10. The number of piperidine rings is 1. The smallest absolute Gasteiger partial charge is 0.243 e. The minimum absolute atomic E-state index is 0. The van der Waals surface area contributed by atoms with E-state index >= 15 is 0 Å². The van der Waals surface area contributed by atoms with Crippen molar-refractivity contribution in [3.63, 3.8) is 0 Å². The van der Waals surface area contributed by atoms with Crippen LogP contribution in [-0.2, 0) is 21.2 Å². The number of carbonyl (C=O) groups excluding carboxylic acids is 1. The molecule has 160 valence electrons. The monoisotopic (exact) mass is 431 g/mol. The minimum Gasteiger partial charge on any atom is -0.352 e. The van der Waals surface area contributed by atoms with Crippen molar-refractivity contribution < 1.29 is 13.2 Å². The molecular weight excluding hydrogens is 398 g/mol. The molecule has 2 rings (SSSR count). The van der Waals surface area contributed by atoms with Crippen LogP contribution in [0.1, 0.15) is 57.4 Å². The molecule has 1 atom stereocenters. The summed E-state index contributed by atoms with van der Waals surface area (Å²) in [6.07, 6.45) is 6.94. The molecule has 8 heteroatoms. The molecule has 0 spiro atoms. The zero-order valence-corrected chi connectivity index (χ0v) is 18.4. The Bertz CT molecular complexity index is 689. The Hall–Kier alpha value is -1.15. The molecular formula is C20H34ClN3O3S. The Labute approximate surface area is 175 Å². The fraction of sp³-hybridized carbons (Fsp3) is 0.650. The van der Waals surface area contributed by atoms with Crippen LogP contribution in [0.25, 0.3) is 0 Å². The summed E-state index contributed by atoms with van der Waals surface area (Å²) >= 11 is 0. The predicted molar refractivity (Wildman–Crippen MR) is 115 cm³/mol. The summed E-state index contributed by atoms with van der Waals surface area (Å²) in [6.45, 7) is 3.77. The molecule has 1 aromatic carbocycles. The van der Waals surface area contributed by atoms with Gasteiger partial charge in [-0.3, -0.25) is 4.79 Å². The van der Waals surface area contributed by atoms with Crippen LogP contribution in [0.2, 0.25) is 0 Å². The number of aryl methyl sites for hydroxylation is 1. The van der Waals surface area contributed by atoms with Gasteiger partial charge < -0.3 is 11.1 Å². The number of hydrogen-bond acceptors (Lipinski definition) is 4. The average molecular weight is 432 g/mol. The lowest BCUT2D eigenvalue weighted by molar-refractivity contribution is -0.121. The molecule has 1 aliphatic heterocycles. The lowest BCUT2D eigenvalue weighted by Crippen LogP contribution is -2.40. The van der Waals surface area contributed by atoms with E-state index < -0.39 is 10.0 Å². The van der Waals surface area contributed by atoms with Crippen molar-refractivity contribution in [1.82, 2.24) is 9.62 Å². The van der Waals surface area contributed by atoms with E-state index in [1.165, 1.54) is 0 Å². The molecule has 6 nitrogen and oxygen atoms in total. The molecule has 1 aromatic rings. The van der Waals surface area contributed by atoms with E-state index in [4.69, 9.17) is 5.73 Å². The van der Waals surface area contributed by atoms with E-state index in [9.17, 15) is 13.2 Å². The minimum atomic E-state index is -3.40. The summed E-state index contributed by atoms with van der Waals surface area (Å²) in [5.74, 6) is -0.00781. The second kappa shape index (κ2) is 12.4. The quantitative estimate of drug-likeness (QED) is 0.595. The van der Waals surface area contributed by atoms with Gasteiger partial charge >= 0.3 is 0 Å². The third kappa shape index (κ3) is 7.35. The van der Waals surface area contributed by atoms with Crippen molar-refractivity contribution in [2.24, 2.45) is 5.73 Å². The highest BCUT2D eigenvalue weighted by Gasteiger charge is 2.25. The van der Waals surface area contributed by atoms with Gasteiger partial charge in [0.15, 0.2) is 0 Å². The van der Waals surface area contributed by atoms with Crippen LogP contribution in [0.4, 0.5) is 0 Å². The number of halogens is 1. The maximum atomic E-state index is 12.7. The van der Waals surface area contributed by atoms with Crippen molar-refractivity contribution in [1.29, 1.82) is 0 Å². The standard InChI is InChI=1S/C20H33N3O3S.ClH/c1-2-3-7-18(16-21)22-20(24)13-10-17-8-11-19(12-9-17)27(25,26)23-14-5-4-6-15-23;/h8-9,11-12,18H,2-7,10,13-16,21H2,1H3,(H,22,24);1H. The average Bonchev–Trinajstić information content (AvgIpc) is 2.70. The topological polar surface area (TPSA) is 92.5 Å². The number of benzene rings is 1. The van der Waals surface area contributed by atoms with Crippen LogP contribution in [0.3, 0.4) is 0 Å². The summed E-state index contributed by atoms with van der Waals surface area (Å²) < 4.78 is 26.9. The summed E-state index contributed by atoms with van der Waals surface area (Å²) in [5.41, 5.74) is 6.67. The first-order valence-electron chi connectivity index (χ1n) is 10.1. The predicted octanol–water partition coefficient (Wildman–Crippen LogP) is 2.85. The van der Waals surface area contributed by atoms with Crippen LogP contribution >= 0.6 is 12.4 Å². The van der Waals surface area contributed by atoms with Crippen LogP contribution in [0.15, 0.2) is 29.2 Å². The van der Waals surface area contributed by atoms with Gasteiger partial charge in [-0.25, -0.2) is 8.42 Å². The second-order valence-electron chi connectivity index (χ2n) is 7.25. The molecule has 1 heterocycles. The molecule has 1 unspecified atom stereocenters. The van der Waals surface area contributed by atoms with Crippen molar-refractivity contribution in [3.05, 3.63) is 29.8 Å². The molecule has 1 aliphatic rings. The van der Waals surface area contributed by atoms with E-state index in [1.807, 2.05) is 12.1 Å². The third-order valence-corrected chi connectivity index (χ3v) is 6.99. The lowest BCUT2D eigenvalue weighted by atomic mass is 10.1. The molecule has 1 saturated heterocycles. The summed E-state index contributed by atoms with van der Waals surface area (Å²) in [4.78, 5) is 12.4. The van der Waals surface area contributed by atoms with E-state index in [2.05, 4.69) is 12.2 Å². The molecule has 1 fully saturated rings. The highest BCUT2D eigenvalue weighted by Crippen LogP contribution is 2.21. The van der Waals surface area contributed by atoms with Crippen molar-refractivity contribution >= 4 is 28.3 Å². The van der Waals surface area contributed by atoms with Gasteiger partial charge in [-0.15, -0.1) is 12.4 Å². The van der Waals surface area contributed by atoms with Crippen molar-refractivity contribution in [2.75, 3.05) is 19.6 Å². The number of nitrogens with two attached hydrogens (primary N) is 1. The molecule has 0 aliphatic carbocycles. The first kappa shape index (κ1) is 24.9. The van der Waals surface area contributed by atoms with Gasteiger partial charge in [0.25, 0.3) is 0 Å². The maximum Gasteiger partial charge on any atom is 0.243 e. The molecule has 0 radical (unpaired) electrons. The Morgan fingerprint density at radius 2 is 1.82 bits per heavy atom. The highest BCUT2D eigenvalue weighted by molar-refractivity contribution is 7.89. The van der Waals surface area contributed by atoms with Gasteiger partial charge in [0.1, 0.15) is 0 Å². The van der Waals surface area contributed by atoms with Gasteiger partial charge in [-0.1, -0.05) is 38.3 Å². The van der Waals surface area contributed by atoms with Crippen molar-refractivity contribution in [2.45, 2.75) is 69.2 Å². The molecule has 3 N–H and O–H groups in total. The van der Waals surface area contributed by atoms with Crippen LogP contribution in [0, 0.1) is 0 Å². The van der Waals surface area contributed by atoms with E-state index in [0.29, 0.717) is 37.4 Å². The third-order valence-electron chi connectivity index (χ3n) is 5.07. The Balaban J connectivity index is 0.00000392.